The van der Waals surface area contributed by atoms with Crippen molar-refractivity contribution in [3.05, 3.63) is 63.6 Å². The summed E-state index contributed by atoms with van der Waals surface area (Å²) in [5.41, 5.74) is 7.08. The van der Waals surface area contributed by atoms with Crippen molar-refractivity contribution in [2.45, 2.75) is 6.61 Å². The van der Waals surface area contributed by atoms with Crippen LogP contribution in [0.1, 0.15) is 11.1 Å². The van der Waals surface area contributed by atoms with Gasteiger partial charge in [0.1, 0.15) is 12.4 Å². The van der Waals surface area contributed by atoms with Gasteiger partial charge in [-0.15, -0.1) is 0 Å². The first kappa shape index (κ1) is 14.5. The second-order valence-corrected chi connectivity index (χ2v) is 4.86. The summed E-state index contributed by atoms with van der Waals surface area (Å²) in [4.78, 5) is 0. The summed E-state index contributed by atoms with van der Waals surface area (Å²) in [5.74, 6) is 0.710. The zero-order chi connectivity index (χ0) is 14.5. The van der Waals surface area contributed by atoms with Crippen LogP contribution >= 0.6 is 23.2 Å². The highest BCUT2D eigenvalue weighted by Gasteiger charge is 2.02. The van der Waals surface area contributed by atoms with E-state index in [0.717, 1.165) is 5.56 Å². The lowest BCUT2D eigenvalue weighted by Crippen LogP contribution is -2.12. The van der Waals surface area contributed by atoms with Gasteiger partial charge in [0.05, 0.1) is 10.0 Å². The minimum absolute atomic E-state index is 0.0713. The van der Waals surface area contributed by atoms with Gasteiger partial charge >= 0.3 is 0 Å². The normalized spacial score (nSPS) is 11.4. The Balaban J connectivity index is 2.02. The summed E-state index contributed by atoms with van der Waals surface area (Å²) < 4.78 is 5.60. The first-order chi connectivity index (χ1) is 9.60. The fourth-order valence-electron chi connectivity index (χ4n) is 1.56. The average Bonchev–Trinajstić information content (AvgIpc) is 2.48. The number of hydrogen-bond donors (Lipinski definition) is 2. The molecule has 0 aromatic heterocycles. The minimum atomic E-state index is 0.0713. The van der Waals surface area contributed by atoms with Crippen LogP contribution in [-0.4, -0.2) is 11.0 Å². The molecule has 2 rings (SSSR count). The van der Waals surface area contributed by atoms with Crippen molar-refractivity contribution >= 4 is 29.0 Å². The van der Waals surface area contributed by atoms with Gasteiger partial charge in [-0.25, -0.2) is 0 Å². The molecule has 2 aromatic carbocycles. The smallest absolute Gasteiger partial charge is 0.170 e. The second-order valence-electron chi connectivity index (χ2n) is 4.05. The molecule has 0 heterocycles. The number of oxime groups is 1. The van der Waals surface area contributed by atoms with E-state index in [1.54, 1.807) is 30.3 Å². The van der Waals surface area contributed by atoms with Gasteiger partial charge in [-0.1, -0.05) is 52.6 Å². The summed E-state index contributed by atoms with van der Waals surface area (Å²) in [6.07, 6.45) is 0. The Morgan fingerprint density at radius 1 is 1.10 bits per heavy atom. The average molecular weight is 311 g/mol. The monoisotopic (exact) mass is 310 g/mol. The van der Waals surface area contributed by atoms with Crippen LogP contribution < -0.4 is 10.5 Å². The Bertz CT molecular complexity index is 628. The molecule has 0 fully saturated rings. The summed E-state index contributed by atoms with van der Waals surface area (Å²) in [5, 5.41) is 12.4. The van der Waals surface area contributed by atoms with Gasteiger partial charge in [-0.2, -0.15) is 0 Å². The number of halogens is 2. The zero-order valence-corrected chi connectivity index (χ0v) is 11.9. The van der Waals surface area contributed by atoms with Crippen molar-refractivity contribution in [2.75, 3.05) is 0 Å². The first-order valence-electron chi connectivity index (χ1n) is 5.75. The summed E-state index contributed by atoms with van der Waals surface area (Å²) in [6, 6.07) is 12.3. The maximum absolute atomic E-state index is 8.57. The molecular formula is C14H12Cl2N2O2. The molecule has 2 aromatic rings. The molecule has 0 aliphatic heterocycles. The minimum Gasteiger partial charge on any atom is -0.489 e. The van der Waals surface area contributed by atoms with Crippen LogP contribution in [0.15, 0.2) is 47.6 Å². The summed E-state index contributed by atoms with van der Waals surface area (Å²) >= 11 is 11.7. The van der Waals surface area contributed by atoms with Crippen LogP contribution in [0.2, 0.25) is 10.0 Å². The molecule has 20 heavy (non-hydrogen) atoms. The van der Waals surface area contributed by atoms with Gasteiger partial charge < -0.3 is 15.7 Å². The third-order valence-corrected chi connectivity index (χ3v) is 3.39. The van der Waals surface area contributed by atoms with E-state index in [1.165, 1.54) is 0 Å². The summed E-state index contributed by atoms with van der Waals surface area (Å²) in [7, 11) is 0. The van der Waals surface area contributed by atoms with Gasteiger partial charge in [0.15, 0.2) is 5.84 Å². The molecule has 104 valence electrons. The number of amidine groups is 1. The SMILES string of the molecule is N/C(=N\O)c1ccc(COc2ccc(Cl)c(Cl)c2)cc1. The van der Waals surface area contributed by atoms with E-state index in [2.05, 4.69) is 5.16 Å². The third-order valence-electron chi connectivity index (χ3n) is 2.65. The predicted octanol–water partition coefficient (Wildman–Crippen LogP) is 3.67. The van der Waals surface area contributed by atoms with Crippen LogP contribution in [0, 0.1) is 0 Å². The number of nitrogens with two attached hydrogens (primary N) is 1. The van der Waals surface area contributed by atoms with E-state index >= 15 is 0 Å². The van der Waals surface area contributed by atoms with Crippen molar-refractivity contribution in [1.29, 1.82) is 0 Å². The maximum atomic E-state index is 8.57. The van der Waals surface area contributed by atoms with Crippen molar-refractivity contribution in [3.8, 4) is 5.75 Å². The van der Waals surface area contributed by atoms with E-state index < -0.39 is 0 Å². The zero-order valence-electron chi connectivity index (χ0n) is 10.4. The lowest BCUT2D eigenvalue weighted by molar-refractivity contribution is 0.306. The molecule has 6 heteroatoms. The van der Waals surface area contributed by atoms with Crippen LogP contribution in [0.5, 0.6) is 5.75 Å². The Morgan fingerprint density at radius 3 is 2.40 bits per heavy atom. The molecule has 0 aliphatic carbocycles. The molecule has 0 amide bonds. The Hall–Kier alpha value is -1.91. The third kappa shape index (κ3) is 3.56. The Labute approximate surface area is 126 Å². The van der Waals surface area contributed by atoms with E-state index in [1.807, 2.05) is 12.1 Å². The lowest BCUT2D eigenvalue weighted by Gasteiger charge is -2.08. The molecule has 3 N–H and O–H groups in total. The standard InChI is InChI=1S/C14H12Cl2N2O2/c15-12-6-5-11(7-13(12)16)20-8-9-1-3-10(4-2-9)14(17)18-19/h1-7,19H,8H2,(H2,17,18). The van der Waals surface area contributed by atoms with E-state index in [-0.39, 0.29) is 5.84 Å². The van der Waals surface area contributed by atoms with E-state index in [0.29, 0.717) is 28.0 Å². The summed E-state index contributed by atoms with van der Waals surface area (Å²) in [6.45, 7) is 0.383. The number of ether oxygens (including phenoxy) is 1. The predicted molar refractivity (Wildman–Crippen MR) is 79.7 cm³/mol. The van der Waals surface area contributed by atoms with Gasteiger partial charge in [0, 0.05) is 11.6 Å². The highest BCUT2D eigenvalue weighted by molar-refractivity contribution is 6.42. The second kappa shape index (κ2) is 6.50. The van der Waals surface area contributed by atoms with Crippen LogP contribution in [-0.2, 0) is 6.61 Å². The maximum Gasteiger partial charge on any atom is 0.170 e. The van der Waals surface area contributed by atoms with Gasteiger partial charge in [0.2, 0.25) is 0 Å². The first-order valence-corrected chi connectivity index (χ1v) is 6.50. The van der Waals surface area contributed by atoms with Gasteiger partial charge in [-0.3, -0.25) is 0 Å². The number of hydrogen-bond acceptors (Lipinski definition) is 3. The molecule has 0 unspecified atom stereocenters. The fourth-order valence-corrected chi connectivity index (χ4v) is 1.85. The molecule has 0 spiro atoms. The molecule has 0 bridgehead atoms. The van der Waals surface area contributed by atoms with E-state index in [4.69, 9.17) is 38.9 Å². The van der Waals surface area contributed by atoms with E-state index in [9.17, 15) is 0 Å². The Morgan fingerprint density at radius 2 is 1.80 bits per heavy atom. The largest absolute Gasteiger partial charge is 0.489 e. The fraction of sp³-hybridized carbons (Fsp3) is 0.0714. The van der Waals surface area contributed by atoms with Crippen molar-refractivity contribution < 1.29 is 9.94 Å². The highest BCUT2D eigenvalue weighted by atomic mass is 35.5. The lowest BCUT2D eigenvalue weighted by atomic mass is 10.1. The Kier molecular flexibility index (Phi) is 4.71. The number of benzene rings is 2. The molecule has 0 aliphatic rings. The number of nitrogens with zero attached hydrogens (tertiary/aromatic N) is 1. The van der Waals surface area contributed by atoms with Crippen molar-refractivity contribution in [3.63, 3.8) is 0 Å². The highest BCUT2D eigenvalue weighted by Crippen LogP contribution is 2.26. The molecule has 0 saturated carbocycles. The van der Waals surface area contributed by atoms with Crippen LogP contribution in [0.4, 0.5) is 0 Å². The molecule has 0 radical (unpaired) electrons. The molecular weight excluding hydrogens is 299 g/mol. The molecule has 0 atom stereocenters. The topological polar surface area (TPSA) is 67.8 Å². The van der Waals surface area contributed by atoms with Crippen molar-refractivity contribution in [2.24, 2.45) is 10.9 Å². The molecule has 0 saturated heterocycles. The van der Waals surface area contributed by atoms with Crippen LogP contribution in [0.25, 0.3) is 0 Å². The van der Waals surface area contributed by atoms with Crippen molar-refractivity contribution in [1.82, 2.24) is 0 Å². The van der Waals surface area contributed by atoms with Gasteiger partial charge in [-0.05, 0) is 17.7 Å². The molecule has 4 nitrogen and oxygen atoms in total. The van der Waals surface area contributed by atoms with Gasteiger partial charge in [0.25, 0.3) is 0 Å². The van der Waals surface area contributed by atoms with Crippen LogP contribution in [0.3, 0.4) is 0 Å². The quantitative estimate of drug-likeness (QED) is 0.392. The number of rotatable bonds is 4.